The topological polar surface area (TPSA) is 57.8 Å². The molecule has 0 N–H and O–H groups in total. The summed E-state index contributed by atoms with van der Waals surface area (Å²) in [5, 5.41) is 9.44. The van der Waals surface area contributed by atoms with Crippen LogP contribution in [-0.2, 0) is 17.9 Å². The van der Waals surface area contributed by atoms with Crippen LogP contribution >= 0.6 is 11.6 Å². The van der Waals surface area contributed by atoms with Gasteiger partial charge >= 0.3 is 0 Å². The van der Waals surface area contributed by atoms with Crippen molar-refractivity contribution in [3.05, 3.63) is 82.2 Å². The number of rotatable bonds is 4. The van der Waals surface area contributed by atoms with Crippen molar-refractivity contribution in [2.24, 2.45) is 0 Å². The minimum Gasteiger partial charge on any atom is -0.377 e. The van der Waals surface area contributed by atoms with Crippen LogP contribution < -0.4 is 0 Å². The van der Waals surface area contributed by atoms with Crippen LogP contribution in [0.4, 0.5) is 0 Å². The second-order valence-corrected chi connectivity index (χ2v) is 7.69. The number of hydrogen-bond acceptors (Lipinski definition) is 4. The Hall–Kier alpha value is -3.22. The maximum atomic E-state index is 6.31. The number of hydrogen-bond donors (Lipinski definition) is 0. The van der Waals surface area contributed by atoms with E-state index in [-0.39, 0.29) is 0 Å². The van der Waals surface area contributed by atoms with E-state index in [9.17, 15) is 0 Å². The van der Waals surface area contributed by atoms with Gasteiger partial charge in [-0.05, 0) is 42.3 Å². The van der Waals surface area contributed by atoms with Crippen LogP contribution in [0.3, 0.4) is 0 Å². The number of methoxy groups -OCH3 is 1. The molecule has 0 atom stereocenters. The predicted octanol–water partition coefficient (Wildman–Crippen LogP) is 4.77. The average molecular weight is 418 g/mol. The van der Waals surface area contributed by atoms with Gasteiger partial charge in [-0.2, -0.15) is 0 Å². The second kappa shape index (κ2) is 7.55. The van der Waals surface area contributed by atoms with E-state index in [1.54, 1.807) is 7.11 Å². The number of imidazole rings is 1. The molecule has 0 saturated carbocycles. The first-order valence-electron chi connectivity index (χ1n) is 9.67. The normalized spacial score (nSPS) is 12.5. The zero-order valence-electron chi connectivity index (χ0n) is 16.7. The zero-order chi connectivity index (χ0) is 20.7. The van der Waals surface area contributed by atoms with Crippen molar-refractivity contribution in [3.63, 3.8) is 0 Å². The largest absolute Gasteiger partial charge is 0.377 e. The molecule has 3 heterocycles. The van der Waals surface area contributed by atoms with Crippen LogP contribution in [0.25, 0.3) is 29.2 Å². The molecule has 0 fully saturated rings. The molecule has 0 bridgehead atoms. The van der Waals surface area contributed by atoms with Crippen molar-refractivity contribution >= 4 is 23.8 Å². The number of nitrogens with zero attached hydrogens (tertiary/aromatic N) is 5. The van der Waals surface area contributed by atoms with Crippen molar-refractivity contribution in [2.45, 2.75) is 20.1 Å². The van der Waals surface area contributed by atoms with Gasteiger partial charge in [-0.25, -0.2) is 4.98 Å². The number of ether oxygens (including phenoxy) is 1. The molecular weight excluding hydrogens is 398 g/mol. The molecular formula is C23H20ClN5O. The van der Waals surface area contributed by atoms with Crippen LogP contribution in [-0.4, -0.2) is 31.4 Å². The van der Waals surface area contributed by atoms with E-state index in [2.05, 4.69) is 50.5 Å². The summed E-state index contributed by atoms with van der Waals surface area (Å²) in [5.41, 5.74) is 6.26. The summed E-state index contributed by atoms with van der Waals surface area (Å²) in [6.07, 6.45) is 6.03. The molecule has 2 aromatic heterocycles. The first-order valence-corrected chi connectivity index (χ1v) is 10.0. The van der Waals surface area contributed by atoms with E-state index in [4.69, 9.17) is 21.3 Å². The van der Waals surface area contributed by atoms with Crippen LogP contribution in [0.2, 0.25) is 5.02 Å². The quantitative estimate of drug-likeness (QED) is 0.422. The maximum Gasteiger partial charge on any atom is 0.166 e. The number of fused-ring (bicyclic) bond motifs is 5. The fourth-order valence-corrected chi connectivity index (χ4v) is 3.99. The fourth-order valence-electron chi connectivity index (χ4n) is 3.82. The van der Waals surface area contributed by atoms with Gasteiger partial charge in [-0.15, -0.1) is 10.2 Å². The number of halogens is 1. The van der Waals surface area contributed by atoms with E-state index in [0.717, 1.165) is 34.3 Å². The Morgan fingerprint density at radius 3 is 2.83 bits per heavy atom. The Morgan fingerprint density at radius 1 is 1.13 bits per heavy atom. The summed E-state index contributed by atoms with van der Waals surface area (Å²) >= 11 is 6.31. The Balaban J connectivity index is 1.67. The van der Waals surface area contributed by atoms with Gasteiger partial charge in [-0.3, -0.25) is 0 Å². The first kappa shape index (κ1) is 18.8. The standard InChI is InChI=1S/C23H20ClN5O/c1-15-5-3-4-6-16(15)7-9-19-21-12-28-22(13-30-2)26-27-23(28)18-11-17(24)8-10-20(18)29(21)14-25-19/h3-11,14H,12-13H2,1-2H3. The summed E-state index contributed by atoms with van der Waals surface area (Å²) in [4.78, 5) is 4.70. The van der Waals surface area contributed by atoms with Crippen molar-refractivity contribution in [3.8, 4) is 17.1 Å². The molecule has 0 aliphatic carbocycles. The van der Waals surface area contributed by atoms with Crippen molar-refractivity contribution in [1.82, 2.24) is 24.3 Å². The minimum atomic E-state index is 0.380. The van der Waals surface area contributed by atoms with Gasteiger partial charge in [0.2, 0.25) is 0 Å². The molecule has 2 aromatic carbocycles. The lowest BCUT2D eigenvalue weighted by Crippen LogP contribution is -2.09. The first-order chi connectivity index (χ1) is 14.7. The average Bonchev–Trinajstić information content (AvgIpc) is 3.29. The van der Waals surface area contributed by atoms with E-state index in [1.165, 1.54) is 11.1 Å². The van der Waals surface area contributed by atoms with Gasteiger partial charge in [0, 0.05) is 17.7 Å². The van der Waals surface area contributed by atoms with Crippen molar-refractivity contribution in [2.75, 3.05) is 7.11 Å². The van der Waals surface area contributed by atoms with Gasteiger partial charge in [-0.1, -0.05) is 41.9 Å². The number of aryl methyl sites for hydroxylation is 1. The molecule has 0 radical (unpaired) electrons. The Bertz CT molecular complexity index is 1270. The predicted molar refractivity (Wildman–Crippen MR) is 118 cm³/mol. The number of aromatic nitrogens is 5. The number of benzene rings is 2. The van der Waals surface area contributed by atoms with Gasteiger partial charge in [0.1, 0.15) is 12.9 Å². The summed E-state index contributed by atoms with van der Waals surface area (Å²) in [6.45, 7) is 3.07. The van der Waals surface area contributed by atoms with Gasteiger partial charge in [0.15, 0.2) is 11.6 Å². The molecule has 0 amide bonds. The second-order valence-electron chi connectivity index (χ2n) is 7.26. The van der Waals surface area contributed by atoms with E-state index in [0.29, 0.717) is 18.2 Å². The van der Waals surface area contributed by atoms with Crippen LogP contribution in [0.15, 0.2) is 48.8 Å². The molecule has 0 saturated heterocycles. The maximum absolute atomic E-state index is 6.31. The molecule has 5 rings (SSSR count). The van der Waals surface area contributed by atoms with Crippen LogP contribution in [0.5, 0.6) is 0 Å². The molecule has 0 unspecified atom stereocenters. The SMILES string of the molecule is COCc1nnc2n1Cc1c(C=Cc3ccccc3C)ncn1-c1ccc(Cl)cc1-2. The monoisotopic (exact) mass is 417 g/mol. The molecule has 4 aromatic rings. The summed E-state index contributed by atoms with van der Waals surface area (Å²) in [5.74, 6) is 1.54. The van der Waals surface area contributed by atoms with Gasteiger partial charge in [0.05, 0.1) is 23.6 Å². The van der Waals surface area contributed by atoms with E-state index >= 15 is 0 Å². The molecule has 150 valence electrons. The highest BCUT2D eigenvalue weighted by molar-refractivity contribution is 6.31. The summed E-state index contributed by atoms with van der Waals surface area (Å²) < 4.78 is 9.52. The van der Waals surface area contributed by atoms with E-state index in [1.807, 2.05) is 36.7 Å². The highest BCUT2D eigenvalue weighted by Gasteiger charge is 2.25. The minimum absolute atomic E-state index is 0.380. The molecule has 1 aliphatic rings. The molecule has 0 spiro atoms. The lowest BCUT2D eigenvalue weighted by Gasteiger charge is -2.08. The highest BCUT2D eigenvalue weighted by atomic mass is 35.5. The Labute approximate surface area is 179 Å². The highest BCUT2D eigenvalue weighted by Crippen LogP contribution is 2.34. The Kier molecular flexibility index (Phi) is 4.73. The molecule has 30 heavy (non-hydrogen) atoms. The van der Waals surface area contributed by atoms with Gasteiger partial charge < -0.3 is 13.9 Å². The molecule has 1 aliphatic heterocycles. The molecule has 6 nitrogen and oxygen atoms in total. The lowest BCUT2D eigenvalue weighted by molar-refractivity contribution is 0.174. The van der Waals surface area contributed by atoms with E-state index < -0.39 is 0 Å². The van der Waals surface area contributed by atoms with Crippen molar-refractivity contribution in [1.29, 1.82) is 0 Å². The summed E-state index contributed by atoms with van der Waals surface area (Å²) in [7, 11) is 1.66. The third kappa shape index (κ3) is 3.14. The van der Waals surface area contributed by atoms with Crippen molar-refractivity contribution < 1.29 is 4.74 Å². The van der Waals surface area contributed by atoms with Gasteiger partial charge in [0.25, 0.3) is 0 Å². The third-order valence-corrected chi connectivity index (χ3v) is 5.61. The fraction of sp³-hybridized carbons (Fsp3) is 0.174. The smallest absolute Gasteiger partial charge is 0.166 e. The zero-order valence-corrected chi connectivity index (χ0v) is 17.5. The van der Waals surface area contributed by atoms with Crippen LogP contribution in [0.1, 0.15) is 28.3 Å². The van der Waals surface area contributed by atoms with Crippen LogP contribution in [0, 0.1) is 6.92 Å². The lowest BCUT2D eigenvalue weighted by atomic mass is 10.1. The Morgan fingerprint density at radius 2 is 2.00 bits per heavy atom. The summed E-state index contributed by atoms with van der Waals surface area (Å²) in [6, 6.07) is 14.1. The third-order valence-electron chi connectivity index (χ3n) is 5.38. The molecule has 7 heteroatoms.